The van der Waals surface area contributed by atoms with Crippen LogP contribution in [0.1, 0.15) is 38.5 Å². The van der Waals surface area contributed by atoms with Crippen LogP contribution in [0.2, 0.25) is 0 Å². The van der Waals surface area contributed by atoms with Crippen molar-refractivity contribution in [1.82, 2.24) is 4.90 Å². The van der Waals surface area contributed by atoms with Gasteiger partial charge in [-0.3, -0.25) is 4.79 Å². The first-order valence-corrected chi connectivity index (χ1v) is 7.00. The topological polar surface area (TPSA) is 20.3 Å². The number of carbonyl (C=O) groups is 1. The minimum atomic E-state index is 0.376. The normalized spacial score (nSPS) is 17.9. The van der Waals surface area contributed by atoms with Gasteiger partial charge in [-0.25, -0.2) is 0 Å². The molecule has 1 fully saturated rings. The number of likely N-dealkylation sites (tertiary alicyclic amines) is 1. The van der Waals surface area contributed by atoms with Gasteiger partial charge in [0.1, 0.15) is 0 Å². The smallest absolute Gasteiger partial charge is 0.222 e. The quantitative estimate of drug-likeness (QED) is 0.672. The zero-order valence-corrected chi connectivity index (χ0v) is 9.94. The van der Waals surface area contributed by atoms with Crippen LogP contribution in [0.5, 0.6) is 0 Å². The summed E-state index contributed by atoms with van der Waals surface area (Å²) in [6, 6.07) is 0. The van der Waals surface area contributed by atoms with Gasteiger partial charge in [-0.2, -0.15) is 11.8 Å². The highest BCUT2D eigenvalue weighted by atomic mass is 32.2. The van der Waals surface area contributed by atoms with Crippen LogP contribution in [0, 0.1) is 0 Å². The summed E-state index contributed by atoms with van der Waals surface area (Å²) in [5.74, 6) is 1.49. The Balaban J connectivity index is 2.20. The number of carbonyl (C=O) groups excluding carboxylic acids is 1. The highest BCUT2D eigenvalue weighted by molar-refractivity contribution is 7.98. The second-order valence-corrected chi connectivity index (χ2v) is 4.88. The standard InChI is InChI=1S/C11H21NOS/c1-14-10-6-7-11(13)12-8-4-2-3-5-9-12/h2-10H2,1H3. The molecule has 0 spiro atoms. The summed E-state index contributed by atoms with van der Waals surface area (Å²) < 4.78 is 0. The summed E-state index contributed by atoms with van der Waals surface area (Å²) >= 11 is 1.82. The van der Waals surface area contributed by atoms with E-state index in [9.17, 15) is 4.79 Å². The number of rotatable bonds is 4. The van der Waals surface area contributed by atoms with Crippen LogP contribution in [-0.2, 0) is 4.79 Å². The van der Waals surface area contributed by atoms with Crippen LogP contribution in [0.25, 0.3) is 0 Å². The van der Waals surface area contributed by atoms with E-state index in [1.165, 1.54) is 25.7 Å². The maximum absolute atomic E-state index is 11.7. The first kappa shape index (κ1) is 11.9. The first-order chi connectivity index (χ1) is 6.84. The van der Waals surface area contributed by atoms with E-state index >= 15 is 0 Å². The van der Waals surface area contributed by atoms with E-state index < -0.39 is 0 Å². The minimum Gasteiger partial charge on any atom is -0.343 e. The monoisotopic (exact) mass is 215 g/mol. The van der Waals surface area contributed by atoms with E-state index in [-0.39, 0.29) is 0 Å². The molecular weight excluding hydrogens is 194 g/mol. The van der Waals surface area contributed by atoms with Gasteiger partial charge in [-0.05, 0) is 31.3 Å². The summed E-state index contributed by atoms with van der Waals surface area (Å²) in [7, 11) is 0. The Morgan fingerprint density at radius 1 is 1.21 bits per heavy atom. The Hall–Kier alpha value is -0.180. The molecule has 1 aliphatic rings. The summed E-state index contributed by atoms with van der Waals surface area (Å²) in [5, 5.41) is 0. The van der Waals surface area contributed by atoms with Crippen LogP contribution in [-0.4, -0.2) is 35.9 Å². The number of nitrogens with zero attached hydrogens (tertiary/aromatic N) is 1. The SMILES string of the molecule is CSCCCC(=O)N1CCCCCC1. The first-order valence-electron chi connectivity index (χ1n) is 5.61. The Kier molecular flexibility index (Phi) is 6.08. The van der Waals surface area contributed by atoms with Gasteiger partial charge in [0.15, 0.2) is 0 Å². The molecule has 0 bridgehead atoms. The van der Waals surface area contributed by atoms with E-state index in [0.717, 1.165) is 31.7 Å². The molecule has 0 unspecified atom stereocenters. The van der Waals surface area contributed by atoms with Gasteiger partial charge >= 0.3 is 0 Å². The third kappa shape index (κ3) is 4.36. The predicted molar refractivity (Wildman–Crippen MR) is 62.7 cm³/mol. The molecular formula is C11H21NOS. The molecule has 1 aliphatic heterocycles. The van der Waals surface area contributed by atoms with Gasteiger partial charge < -0.3 is 4.90 Å². The molecule has 0 radical (unpaired) electrons. The number of hydrogen-bond acceptors (Lipinski definition) is 2. The van der Waals surface area contributed by atoms with Gasteiger partial charge in [0.25, 0.3) is 0 Å². The Morgan fingerprint density at radius 2 is 1.86 bits per heavy atom. The van der Waals surface area contributed by atoms with Crippen molar-refractivity contribution < 1.29 is 4.79 Å². The summed E-state index contributed by atoms with van der Waals surface area (Å²) in [5.41, 5.74) is 0. The zero-order chi connectivity index (χ0) is 10.2. The average Bonchev–Trinajstić information content (AvgIpc) is 2.46. The highest BCUT2D eigenvalue weighted by Gasteiger charge is 2.14. The molecule has 0 N–H and O–H groups in total. The van der Waals surface area contributed by atoms with Gasteiger partial charge in [0.05, 0.1) is 0 Å². The van der Waals surface area contributed by atoms with Crippen molar-refractivity contribution in [2.45, 2.75) is 38.5 Å². The number of hydrogen-bond donors (Lipinski definition) is 0. The molecule has 1 amide bonds. The second kappa shape index (κ2) is 7.16. The molecule has 1 heterocycles. The van der Waals surface area contributed by atoms with Crippen molar-refractivity contribution in [3.8, 4) is 0 Å². The Labute approximate surface area is 91.4 Å². The average molecular weight is 215 g/mol. The fraction of sp³-hybridized carbons (Fsp3) is 0.909. The Bertz CT molecular complexity index is 165. The number of amides is 1. The van der Waals surface area contributed by atoms with Gasteiger partial charge in [0, 0.05) is 19.5 Å². The van der Waals surface area contributed by atoms with Gasteiger partial charge in [-0.15, -0.1) is 0 Å². The molecule has 0 aromatic heterocycles. The maximum atomic E-state index is 11.7. The molecule has 3 heteroatoms. The summed E-state index contributed by atoms with van der Waals surface area (Å²) in [6.07, 6.45) is 8.89. The summed E-state index contributed by atoms with van der Waals surface area (Å²) in [4.78, 5) is 13.8. The van der Waals surface area contributed by atoms with Gasteiger partial charge in [-0.1, -0.05) is 12.8 Å². The fourth-order valence-corrected chi connectivity index (χ4v) is 2.28. The van der Waals surface area contributed by atoms with Crippen molar-refractivity contribution >= 4 is 17.7 Å². The van der Waals surface area contributed by atoms with Crippen LogP contribution in [0.4, 0.5) is 0 Å². The van der Waals surface area contributed by atoms with Gasteiger partial charge in [0.2, 0.25) is 5.91 Å². The fourth-order valence-electron chi connectivity index (χ4n) is 1.85. The van der Waals surface area contributed by atoms with Crippen molar-refractivity contribution in [2.75, 3.05) is 25.1 Å². The van der Waals surface area contributed by atoms with E-state index in [1.807, 2.05) is 11.8 Å². The highest BCUT2D eigenvalue weighted by Crippen LogP contribution is 2.11. The lowest BCUT2D eigenvalue weighted by atomic mass is 10.2. The lowest BCUT2D eigenvalue weighted by Crippen LogP contribution is -2.31. The third-order valence-corrected chi connectivity index (χ3v) is 3.39. The molecule has 1 rings (SSSR count). The molecule has 2 nitrogen and oxygen atoms in total. The van der Waals surface area contributed by atoms with E-state index in [0.29, 0.717) is 5.91 Å². The molecule has 0 saturated carbocycles. The second-order valence-electron chi connectivity index (χ2n) is 3.89. The van der Waals surface area contributed by atoms with Crippen LogP contribution in [0.3, 0.4) is 0 Å². The van der Waals surface area contributed by atoms with Crippen LogP contribution >= 0.6 is 11.8 Å². The zero-order valence-electron chi connectivity index (χ0n) is 9.13. The maximum Gasteiger partial charge on any atom is 0.222 e. The molecule has 0 atom stereocenters. The molecule has 82 valence electrons. The molecule has 0 aliphatic carbocycles. The largest absolute Gasteiger partial charge is 0.343 e. The molecule has 1 saturated heterocycles. The molecule has 14 heavy (non-hydrogen) atoms. The van der Waals surface area contributed by atoms with Crippen LogP contribution in [0.15, 0.2) is 0 Å². The predicted octanol–water partition coefficient (Wildman–Crippen LogP) is 2.53. The van der Waals surface area contributed by atoms with E-state index in [4.69, 9.17) is 0 Å². The summed E-state index contributed by atoms with van der Waals surface area (Å²) in [6.45, 7) is 2.00. The molecule has 0 aromatic carbocycles. The number of thioether (sulfide) groups is 1. The Morgan fingerprint density at radius 3 is 2.43 bits per heavy atom. The van der Waals surface area contributed by atoms with Crippen molar-refractivity contribution in [1.29, 1.82) is 0 Å². The third-order valence-electron chi connectivity index (χ3n) is 2.70. The lowest BCUT2D eigenvalue weighted by Gasteiger charge is -2.19. The van der Waals surface area contributed by atoms with Crippen molar-refractivity contribution in [2.24, 2.45) is 0 Å². The van der Waals surface area contributed by atoms with E-state index in [1.54, 1.807) is 0 Å². The lowest BCUT2D eigenvalue weighted by molar-refractivity contribution is -0.131. The van der Waals surface area contributed by atoms with Crippen molar-refractivity contribution in [3.05, 3.63) is 0 Å². The van der Waals surface area contributed by atoms with E-state index in [2.05, 4.69) is 11.2 Å². The van der Waals surface area contributed by atoms with Crippen LogP contribution < -0.4 is 0 Å². The minimum absolute atomic E-state index is 0.376. The molecule has 0 aromatic rings. The van der Waals surface area contributed by atoms with Crippen molar-refractivity contribution in [3.63, 3.8) is 0 Å².